The van der Waals surface area contributed by atoms with Crippen LogP contribution in [0.5, 0.6) is 0 Å². The number of pyridine rings is 1. The van der Waals surface area contributed by atoms with E-state index in [9.17, 15) is 4.79 Å². The Hall–Kier alpha value is -1.68. The number of ether oxygens (including phenoxy) is 1. The largest absolute Gasteiger partial charge is 0.477 e. The van der Waals surface area contributed by atoms with Crippen LogP contribution in [0.1, 0.15) is 16.2 Å². The molecule has 0 aliphatic carbocycles. The highest BCUT2D eigenvalue weighted by Gasteiger charge is 2.04. The molecular weight excluding hydrogens is 182 g/mol. The molecule has 4 nitrogen and oxygen atoms in total. The topological polar surface area (TPSA) is 59.4 Å². The van der Waals surface area contributed by atoms with Crippen molar-refractivity contribution in [1.29, 1.82) is 0 Å². The van der Waals surface area contributed by atoms with Crippen LogP contribution in [0.2, 0.25) is 0 Å². The summed E-state index contributed by atoms with van der Waals surface area (Å²) in [5.41, 5.74) is 0.636. The zero-order valence-corrected chi connectivity index (χ0v) is 7.64. The number of aromatic nitrogens is 1. The molecule has 0 saturated heterocycles. The van der Waals surface area contributed by atoms with E-state index in [4.69, 9.17) is 9.84 Å². The van der Waals surface area contributed by atoms with Gasteiger partial charge in [0.25, 0.3) is 0 Å². The maximum atomic E-state index is 10.6. The summed E-state index contributed by atoms with van der Waals surface area (Å²) in [7, 11) is 0. The Bertz CT molecular complexity index is 336. The summed E-state index contributed by atoms with van der Waals surface area (Å²) in [6.07, 6.45) is 1.63. The number of carbonyl (C=O) groups is 1. The molecule has 74 valence electrons. The third kappa shape index (κ3) is 2.99. The van der Waals surface area contributed by atoms with Crippen molar-refractivity contribution in [3.05, 3.63) is 42.2 Å². The Morgan fingerprint density at radius 1 is 1.64 bits per heavy atom. The third-order valence-electron chi connectivity index (χ3n) is 1.51. The molecule has 0 saturated carbocycles. The fourth-order valence-electron chi connectivity index (χ4n) is 0.926. The van der Waals surface area contributed by atoms with Gasteiger partial charge in [-0.25, -0.2) is 9.78 Å². The van der Waals surface area contributed by atoms with Crippen LogP contribution in [0.15, 0.2) is 30.9 Å². The molecule has 0 aliphatic rings. The summed E-state index contributed by atoms with van der Waals surface area (Å²) >= 11 is 0. The fraction of sp³-hybridized carbons (Fsp3) is 0.200. The molecular formula is C10H11NO3. The van der Waals surface area contributed by atoms with E-state index < -0.39 is 5.97 Å². The number of nitrogens with zero attached hydrogens (tertiary/aromatic N) is 1. The minimum atomic E-state index is -1.03. The summed E-state index contributed by atoms with van der Waals surface area (Å²) in [5.74, 6) is -1.03. The molecule has 0 radical (unpaired) electrons. The molecule has 1 aromatic heterocycles. The predicted molar refractivity (Wildman–Crippen MR) is 51.0 cm³/mol. The highest BCUT2D eigenvalue weighted by molar-refractivity contribution is 5.85. The van der Waals surface area contributed by atoms with Crippen molar-refractivity contribution >= 4 is 5.97 Å². The van der Waals surface area contributed by atoms with Gasteiger partial charge in [-0.05, 0) is 12.1 Å². The van der Waals surface area contributed by atoms with Crippen molar-refractivity contribution in [2.24, 2.45) is 0 Å². The first-order valence-corrected chi connectivity index (χ1v) is 4.12. The molecule has 0 aromatic carbocycles. The van der Waals surface area contributed by atoms with Crippen molar-refractivity contribution in [3.8, 4) is 0 Å². The van der Waals surface area contributed by atoms with E-state index in [1.807, 2.05) is 0 Å². The number of aromatic carboxylic acids is 1. The van der Waals surface area contributed by atoms with Gasteiger partial charge in [0.15, 0.2) is 0 Å². The normalized spacial score (nSPS) is 9.71. The minimum absolute atomic E-state index is 0.0321. The van der Waals surface area contributed by atoms with Gasteiger partial charge in [0.1, 0.15) is 5.69 Å². The number of carboxylic acids is 1. The Balaban J connectivity index is 2.63. The monoisotopic (exact) mass is 193 g/mol. The first kappa shape index (κ1) is 10.4. The van der Waals surface area contributed by atoms with E-state index in [0.29, 0.717) is 18.9 Å². The van der Waals surface area contributed by atoms with Gasteiger partial charge >= 0.3 is 5.97 Å². The van der Waals surface area contributed by atoms with Crippen LogP contribution in [0.4, 0.5) is 0 Å². The average molecular weight is 193 g/mol. The van der Waals surface area contributed by atoms with E-state index in [1.165, 1.54) is 6.07 Å². The van der Waals surface area contributed by atoms with Gasteiger partial charge in [0, 0.05) is 0 Å². The summed E-state index contributed by atoms with van der Waals surface area (Å²) in [4.78, 5) is 14.4. The summed E-state index contributed by atoms with van der Waals surface area (Å²) < 4.78 is 5.13. The molecule has 1 N–H and O–H groups in total. The van der Waals surface area contributed by atoms with Crippen LogP contribution >= 0.6 is 0 Å². The zero-order valence-electron chi connectivity index (χ0n) is 7.64. The van der Waals surface area contributed by atoms with E-state index in [2.05, 4.69) is 11.6 Å². The maximum absolute atomic E-state index is 10.6. The van der Waals surface area contributed by atoms with Crippen molar-refractivity contribution in [2.75, 3.05) is 6.61 Å². The first-order valence-electron chi connectivity index (χ1n) is 4.12. The average Bonchev–Trinajstić information content (AvgIpc) is 2.19. The lowest BCUT2D eigenvalue weighted by Gasteiger charge is -2.01. The summed E-state index contributed by atoms with van der Waals surface area (Å²) in [5, 5.41) is 8.66. The molecule has 1 rings (SSSR count). The standard InChI is InChI=1S/C10H11NO3/c1-2-6-14-7-8-4-3-5-9(11-8)10(12)13/h2-5H,1,6-7H2,(H,12,13). The van der Waals surface area contributed by atoms with Gasteiger partial charge in [0.2, 0.25) is 0 Å². The molecule has 0 bridgehead atoms. The van der Waals surface area contributed by atoms with Gasteiger partial charge in [-0.15, -0.1) is 6.58 Å². The predicted octanol–water partition coefficient (Wildman–Crippen LogP) is 1.48. The van der Waals surface area contributed by atoms with Crippen molar-refractivity contribution in [1.82, 2.24) is 4.98 Å². The second-order valence-electron chi connectivity index (χ2n) is 2.62. The van der Waals surface area contributed by atoms with Crippen molar-refractivity contribution < 1.29 is 14.6 Å². The number of rotatable bonds is 5. The maximum Gasteiger partial charge on any atom is 0.354 e. The van der Waals surface area contributed by atoms with Crippen molar-refractivity contribution in [3.63, 3.8) is 0 Å². The van der Waals surface area contributed by atoms with E-state index >= 15 is 0 Å². The third-order valence-corrected chi connectivity index (χ3v) is 1.51. The van der Waals surface area contributed by atoms with Gasteiger partial charge in [0.05, 0.1) is 18.9 Å². The molecule has 1 aromatic rings. The molecule has 1 heterocycles. The molecule has 0 unspecified atom stereocenters. The first-order chi connectivity index (χ1) is 6.74. The molecule has 0 amide bonds. The minimum Gasteiger partial charge on any atom is -0.477 e. The van der Waals surface area contributed by atoms with Crippen LogP contribution in [-0.2, 0) is 11.3 Å². The SMILES string of the molecule is C=CCOCc1cccc(C(=O)O)n1. The van der Waals surface area contributed by atoms with Crippen LogP contribution in [0.3, 0.4) is 0 Å². The highest BCUT2D eigenvalue weighted by atomic mass is 16.5. The van der Waals surface area contributed by atoms with E-state index in [0.717, 1.165) is 0 Å². The second-order valence-corrected chi connectivity index (χ2v) is 2.62. The zero-order chi connectivity index (χ0) is 10.4. The van der Waals surface area contributed by atoms with Gasteiger partial charge in [-0.2, -0.15) is 0 Å². The van der Waals surface area contributed by atoms with Gasteiger partial charge in [-0.1, -0.05) is 12.1 Å². The molecule has 0 spiro atoms. The molecule has 4 heteroatoms. The number of carboxylic acid groups (broad SMARTS) is 1. The summed E-state index contributed by atoms with van der Waals surface area (Å²) in [6.45, 7) is 4.23. The Labute approximate surface area is 81.9 Å². The lowest BCUT2D eigenvalue weighted by Crippen LogP contribution is -2.03. The summed E-state index contributed by atoms with van der Waals surface area (Å²) in [6, 6.07) is 4.80. The lowest BCUT2D eigenvalue weighted by atomic mass is 10.3. The quantitative estimate of drug-likeness (QED) is 0.568. The lowest BCUT2D eigenvalue weighted by molar-refractivity contribution is 0.0689. The van der Waals surface area contributed by atoms with Gasteiger partial charge in [-0.3, -0.25) is 0 Å². The Morgan fingerprint density at radius 2 is 2.43 bits per heavy atom. The Morgan fingerprint density at radius 3 is 3.07 bits per heavy atom. The van der Waals surface area contributed by atoms with Crippen molar-refractivity contribution in [2.45, 2.75) is 6.61 Å². The van der Waals surface area contributed by atoms with E-state index in [1.54, 1.807) is 18.2 Å². The van der Waals surface area contributed by atoms with E-state index in [-0.39, 0.29) is 5.69 Å². The fourth-order valence-corrected chi connectivity index (χ4v) is 0.926. The number of hydrogen-bond acceptors (Lipinski definition) is 3. The molecule has 14 heavy (non-hydrogen) atoms. The van der Waals surface area contributed by atoms with Crippen LogP contribution in [0, 0.1) is 0 Å². The van der Waals surface area contributed by atoms with Crippen LogP contribution in [0.25, 0.3) is 0 Å². The van der Waals surface area contributed by atoms with Crippen LogP contribution < -0.4 is 0 Å². The van der Waals surface area contributed by atoms with Gasteiger partial charge < -0.3 is 9.84 Å². The second kappa shape index (κ2) is 5.14. The Kier molecular flexibility index (Phi) is 3.82. The molecule has 0 fully saturated rings. The molecule has 0 atom stereocenters. The highest BCUT2D eigenvalue weighted by Crippen LogP contribution is 2.01. The number of hydrogen-bond donors (Lipinski definition) is 1. The van der Waals surface area contributed by atoms with Crippen LogP contribution in [-0.4, -0.2) is 22.7 Å². The smallest absolute Gasteiger partial charge is 0.354 e. The molecule has 0 aliphatic heterocycles.